The predicted molar refractivity (Wildman–Crippen MR) is 258 cm³/mol. The number of esters is 1. The Morgan fingerprint density at radius 2 is 1.88 bits per heavy atom. The zero-order chi connectivity index (χ0) is 46.3. The van der Waals surface area contributed by atoms with Gasteiger partial charge in [-0.2, -0.15) is 0 Å². The Morgan fingerprint density at radius 3 is 2.60 bits per heavy atom. The summed E-state index contributed by atoms with van der Waals surface area (Å²) in [5, 5.41) is 6.48. The summed E-state index contributed by atoms with van der Waals surface area (Å²) in [6.07, 6.45) is 3.74. The number of fused-ring (bicyclic) bond motifs is 5. The molecular formula is C50H72N8O6S. The summed E-state index contributed by atoms with van der Waals surface area (Å²) in [6.45, 7) is 22.4. The Kier molecular flexibility index (Phi) is 14.4. The number of carbonyl (C=O) groups is 3. The van der Waals surface area contributed by atoms with Gasteiger partial charge in [-0.05, 0) is 107 Å². The number of nitrogens with zero attached hydrogens (tertiary/aromatic N) is 6. The second kappa shape index (κ2) is 19.7. The van der Waals surface area contributed by atoms with Gasteiger partial charge in [0.1, 0.15) is 23.2 Å². The maximum Gasteiger partial charge on any atom is 0.324 e. The smallest absolute Gasteiger partial charge is 0.324 e. The molecule has 14 nitrogen and oxygen atoms in total. The maximum absolute atomic E-state index is 14.8. The Balaban J connectivity index is 1.27. The Bertz CT molecular complexity index is 2280. The third-order valence-electron chi connectivity index (χ3n) is 14.5. The van der Waals surface area contributed by atoms with Gasteiger partial charge in [0.2, 0.25) is 5.91 Å². The van der Waals surface area contributed by atoms with Crippen molar-refractivity contribution in [3.05, 3.63) is 47.3 Å². The highest BCUT2D eigenvalue weighted by Crippen LogP contribution is 2.51. The van der Waals surface area contributed by atoms with Gasteiger partial charge in [-0.15, -0.1) is 11.8 Å². The molecule has 1 unspecified atom stereocenters. The van der Waals surface area contributed by atoms with Crippen LogP contribution in [0.5, 0.6) is 0 Å². The van der Waals surface area contributed by atoms with Crippen LogP contribution in [-0.2, 0) is 41.6 Å². The number of anilines is 1. The van der Waals surface area contributed by atoms with Crippen LogP contribution < -0.4 is 15.6 Å². The van der Waals surface area contributed by atoms with Gasteiger partial charge in [-0.1, -0.05) is 40.7 Å². The van der Waals surface area contributed by atoms with E-state index in [0.717, 1.165) is 83.8 Å². The molecule has 65 heavy (non-hydrogen) atoms. The number of aromatic nitrogens is 2. The van der Waals surface area contributed by atoms with Crippen molar-refractivity contribution in [3.8, 4) is 11.3 Å². The number of hydrogen-bond acceptors (Lipinski definition) is 12. The van der Waals surface area contributed by atoms with Crippen molar-refractivity contribution in [2.75, 3.05) is 70.7 Å². The Labute approximate surface area is 389 Å². The molecule has 5 aliphatic rings. The summed E-state index contributed by atoms with van der Waals surface area (Å²) in [7, 11) is 3.92. The van der Waals surface area contributed by atoms with Gasteiger partial charge in [0.25, 0.3) is 5.91 Å². The molecular weight excluding hydrogens is 841 g/mol. The van der Waals surface area contributed by atoms with E-state index >= 15 is 0 Å². The van der Waals surface area contributed by atoms with E-state index in [1.54, 1.807) is 18.9 Å². The molecule has 2 saturated heterocycles. The lowest BCUT2D eigenvalue weighted by Gasteiger charge is -2.37. The monoisotopic (exact) mass is 913 g/mol. The lowest BCUT2D eigenvalue weighted by atomic mass is 9.84. The van der Waals surface area contributed by atoms with Crippen LogP contribution in [0.3, 0.4) is 0 Å². The van der Waals surface area contributed by atoms with Crippen LogP contribution in [0, 0.1) is 29.1 Å². The van der Waals surface area contributed by atoms with E-state index in [2.05, 4.69) is 105 Å². The number of hydrazine groups is 1. The number of amides is 2. The molecule has 3 aromatic rings. The number of aryl methyl sites for hydroxylation is 1. The average molecular weight is 913 g/mol. The topological polar surface area (TPSA) is 143 Å². The summed E-state index contributed by atoms with van der Waals surface area (Å²) in [6, 6.07) is 7.04. The number of benzene rings is 1. The highest BCUT2D eigenvalue weighted by molar-refractivity contribution is 8.14. The molecule has 2 amide bonds. The van der Waals surface area contributed by atoms with Crippen LogP contribution >= 0.6 is 11.8 Å². The largest absolute Gasteiger partial charge is 0.464 e. The van der Waals surface area contributed by atoms with Crippen LogP contribution in [0.25, 0.3) is 22.2 Å². The molecule has 6 bridgehead atoms. The van der Waals surface area contributed by atoms with Crippen LogP contribution in [0.4, 0.5) is 5.69 Å². The number of pyridine rings is 1. The van der Waals surface area contributed by atoms with Crippen molar-refractivity contribution in [2.24, 2.45) is 34.1 Å². The van der Waals surface area contributed by atoms with E-state index in [1.807, 2.05) is 13.1 Å². The number of methoxy groups -OCH3 is 1. The second-order valence-corrected chi connectivity index (χ2v) is 21.2. The molecule has 3 fully saturated rings. The summed E-state index contributed by atoms with van der Waals surface area (Å²) in [4.78, 5) is 58.3. The predicted octanol–water partition coefficient (Wildman–Crippen LogP) is 6.81. The number of carbonyl (C=O) groups excluding carboxylic acids is 3. The first-order valence-electron chi connectivity index (χ1n) is 24.1. The van der Waals surface area contributed by atoms with Gasteiger partial charge in [0.15, 0.2) is 0 Å². The van der Waals surface area contributed by atoms with Crippen LogP contribution in [0.1, 0.15) is 104 Å². The number of nitrogens with one attached hydrogen (secondary N) is 2. The minimum Gasteiger partial charge on any atom is -0.464 e. The van der Waals surface area contributed by atoms with Gasteiger partial charge in [0, 0.05) is 80.0 Å². The fourth-order valence-electron chi connectivity index (χ4n) is 10.9. The first kappa shape index (κ1) is 47.5. The van der Waals surface area contributed by atoms with Gasteiger partial charge in [-0.3, -0.25) is 29.4 Å². The summed E-state index contributed by atoms with van der Waals surface area (Å²) in [5.41, 5.74) is 10.2. The van der Waals surface area contributed by atoms with Crippen molar-refractivity contribution in [2.45, 2.75) is 118 Å². The van der Waals surface area contributed by atoms with Gasteiger partial charge in [-0.25, -0.2) is 5.43 Å². The van der Waals surface area contributed by atoms with Crippen molar-refractivity contribution in [1.29, 1.82) is 0 Å². The fourth-order valence-corrected chi connectivity index (χ4v) is 12.0. The van der Waals surface area contributed by atoms with E-state index in [1.165, 1.54) is 5.01 Å². The molecule has 0 radical (unpaired) electrons. The molecule has 15 heteroatoms. The molecule has 2 N–H and O–H groups in total. The van der Waals surface area contributed by atoms with Gasteiger partial charge >= 0.3 is 5.97 Å². The zero-order valence-corrected chi connectivity index (χ0v) is 41.1. The number of hydrogen-bond donors (Lipinski definition) is 2. The standard InChI is InChI=1S/C50H72N8O6S/c1-11-57-39-17-16-32-23-34(39)36(44(57)35-24-33(26-51-42(35)31(6)62-10)56-19-14-18-55(9)21-22-56)25-50(7,8)28-64-49(61)37-15-13-20-58(54-37)48(60)43(45(63-12-2)47-52-38(32)27-65-47)53-46(59)41-30(5)40(41)29(3)4/h16-17,23-24,26,29-31,37-38,40-41,43,45,54H,11-15,18-22,25,27-28H2,1-10H3,(H,53,59)/t30-,31+,37+,38?,40+,41+,43+,45+/m1/s1. The van der Waals surface area contributed by atoms with E-state index in [-0.39, 0.29) is 48.3 Å². The number of likely N-dealkylation sites (N-methyl/N-ethyl adjacent to an activating group) is 1. The molecule has 1 aromatic carbocycles. The van der Waals surface area contributed by atoms with Gasteiger partial charge < -0.3 is 33.9 Å². The summed E-state index contributed by atoms with van der Waals surface area (Å²) >= 11 is 1.59. The van der Waals surface area contributed by atoms with E-state index in [9.17, 15) is 14.4 Å². The van der Waals surface area contributed by atoms with Crippen LogP contribution in [0.15, 0.2) is 35.5 Å². The first-order valence-corrected chi connectivity index (χ1v) is 25.1. The van der Waals surface area contributed by atoms with Crippen molar-refractivity contribution in [1.82, 2.24) is 30.2 Å². The van der Waals surface area contributed by atoms with Gasteiger partial charge in [0.05, 0.1) is 42.0 Å². The second-order valence-electron chi connectivity index (χ2n) is 20.1. The number of ether oxygens (including phenoxy) is 3. The third kappa shape index (κ3) is 9.73. The Morgan fingerprint density at radius 1 is 1.08 bits per heavy atom. The van der Waals surface area contributed by atoms with Crippen LogP contribution in [-0.4, -0.2) is 126 Å². The zero-order valence-electron chi connectivity index (χ0n) is 40.3. The Hall–Kier alpha value is -4.02. The number of thioether (sulfide) groups is 1. The van der Waals surface area contributed by atoms with Crippen LogP contribution in [0.2, 0.25) is 0 Å². The van der Waals surface area contributed by atoms with Crippen molar-refractivity contribution in [3.63, 3.8) is 0 Å². The molecule has 8 rings (SSSR count). The maximum atomic E-state index is 14.8. The van der Waals surface area contributed by atoms with Crippen molar-refractivity contribution >= 4 is 51.2 Å². The lowest BCUT2D eigenvalue weighted by molar-refractivity contribution is -0.156. The molecule has 1 saturated carbocycles. The first-order chi connectivity index (χ1) is 31.1. The number of aliphatic imine (C=N–C) groups is 1. The van der Waals surface area contributed by atoms with Crippen molar-refractivity contribution < 1.29 is 28.6 Å². The third-order valence-corrected chi connectivity index (χ3v) is 15.6. The highest BCUT2D eigenvalue weighted by atomic mass is 32.2. The summed E-state index contributed by atoms with van der Waals surface area (Å²) in [5.74, 6) is 0.381. The lowest BCUT2D eigenvalue weighted by Crippen LogP contribution is -2.63. The summed E-state index contributed by atoms with van der Waals surface area (Å²) < 4.78 is 21.1. The number of cyclic esters (lactones) is 1. The molecule has 0 spiro atoms. The minimum atomic E-state index is -1.05. The van der Waals surface area contributed by atoms with E-state index in [0.29, 0.717) is 49.1 Å². The molecule has 4 aliphatic heterocycles. The average Bonchev–Trinajstić information content (AvgIpc) is 3.69. The molecule has 8 atom stereocenters. The van der Waals surface area contributed by atoms with E-state index in [4.69, 9.17) is 24.2 Å². The molecule has 354 valence electrons. The minimum absolute atomic E-state index is 0.145. The normalized spacial score (nSPS) is 28.2. The molecule has 6 heterocycles. The molecule has 2 aromatic heterocycles. The van der Waals surface area contributed by atoms with E-state index < -0.39 is 29.6 Å². The fraction of sp³-hybridized carbons (Fsp3) is 0.660. The highest BCUT2D eigenvalue weighted by Gasteiger charge is 2.54. The number of rotatable bonds is 10. The molecule has 1 aliphatic carbocycles. The SMILES string of the molecule is CCO[C@@H]1C2=NC(CS2)c2ccc3c(c2)c(c(-c2cc(N4CCCN(C)CC4)cnc2[C@H](C)OC)n3CC)CC(C)(C)COC(=O)[C@@H]2CCCN(N2)C(=O)[C@H]1NC(=O)[C@H]1[C@H](C)[C@@H]1C(C)C. The quantitative estimate of drug-likeness (QED) is 0.207.